The third kappa shape index (κ3) is 4.20. The van der Waals surface area contributed by atoms with Gasteiger partial charge in [-0.3, -0.25) is 0 Å². The first-order chi connectivity index (χ1) is 9.70. The Kier molecular flexibility index (Phi) is 5.83. The Bertz CT molecular complexity index is 422. The van der Waals surface area contributed by atoms with Crippen LogP contribution in [0, 0.1) is 0 Å². The number of rotatable bonds is 8. The summed E-state index contributed by atoms with van der Waals surface area (Å²) in [5, 5.41) is 9.78. The smallest absolute Gasteiger partial charge is 0.119 e. The molecule has 20 heavy (non-hydrogen) atoms. The van der Waals surface area contributed by atoms with Crippen molar-refractivity contribution in [3.63, 3.8) is 0 Å². The number of benzene rings is 1. The van der Waals surface area contributed by atoms with E-state index in [0.717, 1.165) is 31.4 Å². The summed E-state index contributed by atoms with van der Waals surface area (Å²) in [6.07, 6.45) is 3.56. The van der Waals surface area contributed by atoms with Crippen molar-refractivity contribution >= 4 is 0 Å². The lowest BCUT2D eigenvalue weighted by atomic mass is 10.1. The van der Waals surface area contributed by atoms with Crippen LogP contribution < -0.4 is 10.5 Å². The molecule has 1 aliphatic carbocycles. The Balaban J connectivity index is 1.74. The predicted octanol–water partition coefficient (Wildman–Crippen LogP) is 2.19. The van der Waals surface area contributed by atoms with Gasteiger partial charge in [-0.25, -0.2) is 0 Å². The van der Waals surface area contributed by atoms with Gasteiger partial charge in [-0.15, -0.1) is 0 Å². The maximum Gasteiger partial charge on any atom is 0.119 e. The normalized spacial score (nSPS) is 18.9. The summed E-state index contributed by atoms with van der Waals surface area (Å²) in [4.78, 5) is 0. The topological polar surface area (TPSA) is 64.7 Å². The van der Waals surface area contributed by atoms with E-state index in [9.17, 15) is 5.11 Å². The van der Waals surface area contributed by atoms with Crippen molar-refractivity contribution in [3.05, 3.63) is 29.3 Å². The third-order valence-electron chi connectivity index (χ3n) is 3.63. The molecule has 0 bridgehead atoms. The van der Waals surface area contributed by atoms with Crippen LogP contribution in [-0.2, 0) is 11.2 Å². The zero-order valence-corrected chi connectivity index (χ0v) is 12.2. The third-order valence-corrected chi connectivity index (χ3v) is 3.63. The molecule has 4 heteroatoms. The van der Waals surface area contributed by atoms with Crippen LogP contribution in [0.3, 0.4) is 0 Å². The molecule has 0 fully saturated rings. The fraction of sp³-hybridized carbons (Fsp3) is 0.625. The Hall–Kier alpha value is -1.10. The van der Waals surface area contributed by atoms with Gasteiger partial charge in [0.15, 0.2) is 0 Å². The largest absolute Gasteiger partial charge is 0.491 e. The van der Waals surface area contributed by atoms with Crippen molar-refractivity contribution in [2.45, 2.75) is 44.8 Å². The zero-order valence-electron chi connectivity index (χ0n) is 12.2. The number of hydrogen-bond acceptors (Lipinski definition) is 4. The lowest BCUT2D eigenvalue weighted by molar-refractivity contribution is 0.0113. The number of hydrogen-bond donors (Lipinski definition) is 2. The lowest BCUT2D eigenvalue weighted by Crippen LogP contribution is -2.23. The number of nitrogens with two attached hydrogens (primary N) is 1. The molecule has 112 valence electrons. The summed E-state index contributed by atoms with van der Waals surface area (Å²) in [5.41, 5.74) is 8.49. The van der Waals surface area contributed by atoms with Gasteiger partial charge in [0, 0.05) is 12.6 Å². The predicted molar refractivity (Wildman–Crippen MR) is 78.9 cm³/mol. The maximum absolute atomic E-state index is 9.78. The summed E-state index contributed by atoms with van der Waals surface area (Å²) in [5.74, 6) is 0.797. The molecule has 0 saturated carbocycles. The second-order valence-electron chi connectivity index (χ2n) is 5.40. The zero-order chi connectivity index (χ0) is 14.4. The molecule has 2 rings (SSSR count). The maximum atomic E-state index is 9.78. The van der Waals surface area contributed by atoms with Gasteiger partial charge in [0.25, 0.3) is 0 Å². The van der Waals surface area contributed by atoms with Crippen LogP contribution in [0.15, 0.2) is 18.2 Å². The summed E-state index contributed by atoms with van der Waals surface area (Å²) >= 11 is 0. The van der Waals surface area contributed by atoms with E-state index >= 15 is 0 Å². The van der Waals surface area contributed by atoms with Crippen LogP contribution >= 0.6 is 0 Å². The molecule has 0 amide bonds. The summed E-state index contributed by atoms with van der Waals surface area (Å²) < 4.78 is 11.0. The van der Waals surface area contributed by atoms with E-state index in [1.54, 1.807) is 0 Å². The first-order valence-corrected chi connectivity index (χ1v) is 7.47. The second kappa shape index (κ2) is 7.62. The van der Waals surface area contributed by atoms with Crippen molar-refractivity contribution < 1.29 is 14.6 Å². The molecule has 0 aliphatic heterocycles. The lowest BCUT2D eigenvalue weighted by Gasteiger charge is -2.13. The molecule has 0 spiro atoms. The van der Waals surface area contributed by atoms with Gasteiger partial charge >= 0.3 is 0 Å². The molecule has 1 aliphatic rings. The Morgan fingerprint density at radius 1 is 1.40 bits per heavy atom. The summed E-state index contributed by atoms with van der Waals surface area (Å²) in [6, 6.07) is 6.16. The first kappa shape index (κ1) is 15.3. The highest BCUT2D eigenvalue weighted by Gasteiger charge is 2.19. The molecule has 0 aromatic heterocycles. The fourth-order valence-electron chi connectivity index (χ4n) is 2.42. The molecular formula is C16H25NO3. The van der Waals surface area contributed by atoms with Crippen LogP contribution in [0.5, 0.6) is 5.75 Å². The minimum absolute atomic E-state index is 0.164. The molecule has 0 radical (unpaired) electrons. The van der Waals surface area contributed by atoms with Crippen LogP contribution in [0.25, 0.3) is 0 Å². The SMILES string of the molecule is CCCCOCC(O)COc1ccc2c(c1)CC[C@@H]2N. The van der Waals surface area contributed by atoms with E-state index < -0.39 is 6.10 Å². The quantitative estimate of drug-likeness (QED) is 0.716. The molecule has 0 heterocycles. The number of aryl methyl sites for hydroxylation is 1. The Morgan fingerprint density at radius 2 is 2.25 bits per heavy atom. The van der Waals surface area contributed by atoms with Crippen LogP contribution in [0.2, 0.25) is 0 Å². The van der Waals surface area contributed by atoms with Gasteiger partial charge in [-0.05, 0) is 42.5 Å². The number of unbranched alkanes of at least 4 members (excludes halogenated alkanes) is 1. The highest BCUT2D eigenvalue weighted by Crippen LogP contribution is 2.31. The molecule has 1 aromatic rings. The highest BCUT2D eigenvalue weighted by atomic mass is 16.5. The van der Waals surface area contributed by atoms with Crippen molar-refractivity contribution in [3.8, 4) is 5.75 Å². The summed E-state index contributed by atoms with van der Waals surface area (Å²) in [7, 11) is 0. The summed E-state index contributed by atoms with van der Waals surface area (Å²) in [6.45, 7) is 3.40. The van der Waals surface area contributed by atoms with E-state index in [1.807, 2.05) is 18.2 Å². The van der Waals surface area contributed by atoms with Crippen molar-refractivity contribution in [2.24, 2.45) is 5.73 Å². The second-order valence-corrected chi connectivity index (χ2v) is 5.40. The molecular weight excluding hydrogens is 254 g/mol. The molecule has 0 saturated heterocycles. The molecule has 2 atom stereocenters. The van der Waals surface area contributed by atoms with Gasteiger partial charge in [0.05, 0.1) is 6.61 Å². The molecule has 1 unspecified atom stereocenters. The Morgan fingerprint density at radius 3 is 3.05 bits per heavy atom. The average molecular weight is 279 g/mol. The van der Waals surface area contributed by atoms with Gasteiger partial charge in [-0.2, -0.15) is 0 Å². The van der Waals surface area contributed by atoms with Crippen LogP contribution in [0.1, 0.15) is 43.4 Å². The average Bonchev–Trinajstić information content (AvgIpc) is 2.82. The van der Waals surface area contributed by atoms with Gasteiger partial charge in [-0.1, -0.05) is 19.4 Å². The molecule has 4 nitrogen and oxygen atoms in total. The van der Waals surface area contributed by atoms with E-state index in [-0.39, 0.29) is 12.6 Å². The number of aliphatic hydroxyl groups excluding tert-OH is 1. The minimum atomic E-state index is -0.581. The first-order valence-electron chi connectivity index (χ1n) is 7.47. The standard InChI is InChI=1S/C16H25NO3/c1-2-3-8-19-10-13(18)11-20-14-5-6-15-12(9-14)4-7-16(15)17/h5-6,9,13,16,18H,2-4,7-8,10-11,17H2,1H3/t13?,16-/m0/s1. The number of ether oxygens (including phenoxy) is 2. The van der Waals surface area contributed by atoms with Crippen LogP contribution in [-0.4, -0.2) is 31.0 Å². The molecule has 3 N–H and O–H groups in total. The fourth-order valence-corrected chi connectivity index (χ4v) is 2.42. The van der Waals surface area contributed by atoms with Gasteiger partial charge in [0.2, 0.25) is 0 Å². The highest BCUT2D eigenvalue weighted by molar-refractivity contribution is 5.40. The van der Waals surface area contributed by atoms with E-state index in [2.05, 4.69) is 6.92 Å². The number of fused-ring (bicyclic) bond motifs is 1. The van der Waals surface area contributed by atoms with Crippen molar-refractivity contribution in [2.75, 3.05) is 19.8 Å². The van der Waals surface area contributed by atoms with Crippen molar-refractivity contribution in [1.82, 2.24) is 0 Å². The van der Waals surface area contributed by atoms with Gasteiger partial charge in [0.1, 0.15) is 18.5 Å². The molecule has 1 aromatic carbocycles. The minimum Gasteiger partial charge on any atom is -0.491 e. The van der Waals surface area contributed by atoms with Crippen LogP contribution in [0.4, 0.5) is 0 Å². The van der Waals surface area contributed by atoms with E-state index in [4.69, 9.17) is 15.2 Å². The van der Waals surface area contributed by atoms with E-state index in [0.29, 0.717) is 13.2 Å². The Labute approximate surface area is 120 Å². The monoisotopic (exact) mass is 279 g/mol. The van der Waals surface area contributed by atoms with Crippen molar-refractivity contribution in [1.29, 1.82) is 0 Å². The van der Waals surface area contributed by atoms with E-state index in [1.165, 1.54) is 11.1 Å². The number of aliphatic hydroxyl groups is 1. The van der Waals surface area contributed by atoms with Gasteiger partial charge < -0.3 is 20.3 Å².